The summed E-state index contributed by atoms with van der Waals surface area (Å²) in [4.78, 5) is 2.34. The first-order chi connectivity index (χ1) is 10.1. The second-order valence-corrected chi connectivity index (χ2v) is 5.98. The molecule has 0 aliphatic heterocycles. The van der Waals surface area contributed by atoms with Crippen molar-refractivity contribution in [1.29, 1.82) is 0 Å². The first-order valence-corrected chi connectivity index (χ1v) is 8.27. The molecule has 2 N–H and O–H groups in total. The highest BCUT2D eigenvalue weighted by atomic mass is 79.9. The monoisotopic (exact) mass is 360 g/mol. The van der Waals surface area contributed by atoms with Gasteiger partial charge in [-0.15, -0.1) is 0 Å². The normalized spacial score (nSPS) is 13.1. The summed E-state index contributed by atoms with van der Waals surface area (Å²) < 4.78 is 19.5. The van der Waals surface area contributed by atoms with Crippen LogP contribution in [0.15, 0.2) is 22.7 Å². The number of benzene rings is 1. The third-order valence-electron chi connectivity index (χ3n) is 3.92. The van der Waals surface area contributed by atoms with Crippen molar-refractivity contribution < 1.29 is 9.13 Å². The van der Waals surface area contributed by atoms with Gasteiger partial charge in [0.05, 0.1) is 11.1 Å². The fourth-order valence-corrected chi connectivity index (χ4v) is 2.98. The van der Waals surface area contributed by atoms with Gasteiger partial charge in [-0.25, -0.2) is 4.39 Å². The van der Waals surface area contributed by atoms with Crippen molar-refractivity contribution in [2.45, 2.75) is 38.8 Å². The largest absolute Gasteiger partial charge is 0.383 e. The number of hydrogen-bond acceptors (Lipinski definition) is 3. The maximum atomic E-state index is 13.8. The highest BCUT2D eigenvalue weighted by molar-refractivity contribution is 9.10. The van der Waals surface area contributed by atoms with Crippen LogP contribution in [0, 0.1) is 5.82 Å². The summed E-state index contributed by atoms with van der Waals surface area (Å²) in [6.45, 7) is 6.24. The van der Waals surface area contributed by atoms with Gasteiger partial charge in [0.1, 0.15) is 5.82 Å². The van der Waals surface area contributed by atoms with Gasteiger partial charge in [-0.1, -0.05) is 19.9 Å². The topological polar surface area (TPSA) is 38.5 Å². The molecule has 120 valence electrons. The molecule has 1 unspecified atom stereocenters. The lowest BCUT2D eigenvalue weighted by Crippen LogP contribution is -2.42. The molecule has 1 rings (SSSR count). The molecular weight excluding hydrogens is 335 g/mol. The van der Waals surface area contributed by atoms with E-state index in [2.05, 4.69) is 34.7 Å². The van der Waals surface area contributed by atoms with Crippen molar-refractivity contribution in [3.05, 3.63) is 34.1 Å². The molecule has 3 nitrogen and oxygen atoms in total. The van der Waals surface area contributed by atoms with Crippen LogP contribution < -0.4 is 5.73 Å². The van der Waals surface area contributed by atoms with Gasteiger partial charge < -0.3 is 10.5 Å². The quantitative estimate of drug-likeness (QED) is 0.729. The molecule has 0 saturated carbocycles. The molecular formula is C16H26BrFN2O. The Hall–Kier alpha value is -0.490. The minimum Gasteiger partial charge on any atom is -0.383 e. The number of nitrogens with two attached hydrogens (primary N) is 1. The number of rotatable bonds is 9. The van der Waals surface area contributed by atoms with E-state index in [-0.39, 0.29) is 11.9 Å². The van der Waals surface area contributed by atoms with E-state index < -0.39 is 0 Å². The van der Waals surface area contributed by atoms with Crippen molar-refractivity contribution in [2.75, 3.05) is 26.8 Å². The van der Waals surface area contributed by atoms with E-state index in [1.165, 1.54) is 0 Å². The average molecular weight is 361 g/mol. The fraction of sp³-hybridized carbons (Fsp3) is 0.625. The maximum absolute atomic E-state index is 13.8. The van der Waals surface area contributed by atoms with E-state index in [9.17, 15) is 4.39 Å². The van der Waals surface area contributed by atoms with E-state index in [0.717, 1.165) is 24.9 Å². The minimum atomic E-state index is -0.248. The Morgan fingerprint density at radius 1 is 1.33 bits per heavy atom. The van der Waals surface area contributed by atoms with Crippen molar-refractivity contribution in [3.8, 4) is 0 Å². The molecule has 0 amide bonds. The molecule has 0 radical (unpaired) electrons. The van der Waals surface area contributed by atoms with Gasteiger partial charge in [-0.2, -0.15) is 0 Å². The molecule has 0 heterocycles. The van der Waals surface area contributed by atoms with E-state index in [4.69, 9.17) is 10.5 Å². The first-order valence-electron chi connectivity index (χ1n) is 7.48. The van der Waals surface area contributed by atoms with Gasteiger partial charge in [0.2, 0.25) is 0 Å². The molecule has 1 atom stereocenters. The molecule has 0 aliphatic rings. The molecule has 0 saturated heterocycles. The van der Waals surface area contributed by atoms with Crippen LogP contribution >= 0.6 is 15.9 Å². The van der Waals surface area contributed by atoms with E-state index >= 15 is 0 Å². The Kier molecular flexibility index (Phi) is 8.41. The van der Waals surface area contributed by atoms with Gasteiger partial charge in [-0.05, 0) is 46.5 Å². The highest BCUT2D eigenvalue weighted by Gasteiger charge is 2.25. The van der Waals surface area contributed by atoms with Crippen LogP contribution in [0.5, 0.6) is 0 Å². The Morgan fingerprint density at radius 3 is 2.48 bits per heavy atom. The second kappa shape index (κ2) is 9.51. The molecule has 0 fully saturated rings. The summed E-state index contributed by atoms with van der Waals surface area (Å²) >= 11 is 3.20. The number of ether oxygens (including phenoxy) is 1. The molecule has 0 aromatic heterocycles. The zero-order valence-electron chi connectivity index (χ0n) is 13.1. The first kappa shape index (κ1) is 18.6. The summed E-state index contributed by atoms with van der Waals surface area (Å²) in [5.74, 6) is -0.248. The molecule has 1 aromatic carbocycles. The predicted octanol–water partition coefficient (Wildman–Crippen LogP) is 3.73. The molecule has 1 aromatic rings. The van der Waals surface area contributed by atoms with Crippen LogP contribution in [-0.4, -0.2) is 37.7 Å². The predicted molar refractivity (Wildman–Crippen MR) is 88.8 cm³/mol. The summed E-state index contributed by atoms with van der Waals surface area (Å²) in [6, 6.07) is 5.68. The van der Waals surface area contributed by atoms with Gasteiger partial charge in [0, 0.05) is 32.3 Å². The number of methoxy groups -OCH3 is 1. The zero-order chi connectivity index (χ0) is 15.8. The lowest BCUT2D eigenvalue weighted by molar-refractivity contribution is 0.0816. The Labute approximate surface area is 135 Å². The van der Waals surface area contributed by atoms with Crippen molar-refractivity contribution >= 4 is 15.9 Å². The maximum Gasteiger partial charge on any atom is 0.137 e. The van der Waals surface area contributed by atoms with Crippen LogP contribution in [0.25, 0.3) is 0 Å². The average Bonchev–Trinajstić information content (AvgIpc) is 2.49. The fourth-order valence-electron chi connectivity index (χ4n) is 2.73. The Bertz CT molecular complexity index is 427. The summed E-state index contributed by atoms with van der Waals surface area (Å²) in [5, 5.41) is 0. The highest BCUT2D eigenvalue weighted by Crippen LogP contribution is 2.27. The summed E-state index contributed by atoms with van der Waals surface area (Å²) in [6.07, 6.45) is 2.07. The number of hydrogen-bond donors (Lipinski definition) is 1. The van der Waals surface area contributed by atoms with E-state index in [0.29, 0.717) is 23.7 Å². The Morgan fingerprint density at radius 2 is 2.00 bits per heavy atom. The third kappa shape index (κ3) is 5.02. The lowest BCUT2D eigenvalue weighted by Gasteiger charge is -2.37. The SMILES string of the molecule is CCC(CC)N(CCOC)C(CN)c1ccc(Br)c(F)c1. The molecule has 0 spiro atoms. The van der Waals surface area contributed by atoms with Gasteiger partial charge >= 0.3 is 0 Å². The third-order valence-corrected chi connectivity index (χ3v) is 4.56. The number of halogens is 2. The van der Waals surface area contributed by atoms with Crippen LogP contribution in [0.2, 0.25) is 0 Å². The van der Waals surface area contributed by atoms with Gasteiger partial charge in [-0.3, -0.25) is 4.90 Å². The van der Waals surface area contributed by atoms with Crippen LogP contribution in [0.4, 0.5) is 4.39 Å². The molecule has 0 bridgehead atoms. The zero-order valence-corrected chi connectivity index (χ0v) is 14.7. The number of nitrogens with zero attached hydrogens (tertiary/aromatic N) is 1. The van der Waals surface area contributed by atoms with Crippen molar-refractivity contribution in [1.82, 2.24) is 4.90 Å². The Balaban J connectivity index is 3.06. The minimum absolute atomic E-state index is 0.00708. The molecule has 5 heteroatoms. The van der Waals surface area contributed by atoms with Crippen LogP contribution in [0.3, 0.4) is 0 Å². The van der Waals surface area contributed by atoms with E-state index in [1.54, 1.807) is 19.2 Å². The smallest absolute Gasteiger partial charge is 0.137 e. The van der Waals surface area contributed by atoms with Crippen molar-refractivity contribution in [3.63, 3.8) is 0 Å². The van der Waals surface area contributed by atoms with Crippen LogP contribution in [0.1, 0.15) is 38.3 Å². The summed E-state index contributed by atoms with van der Waals surface area (Å²) in [7, 11) is 1.70. The molecule has 0 aliphatic carbocycles. The van der Waals surface area contributed by atoms with Crippen molar-refractivity contribution in [2.24, 2.45) is 5.73 Å². The van der Waals surface area contributed by atoms with Gasteiger partial charge in [0.25, 0.3) is 0 Å². The molecule has 21 heavy (non-hydrogen) atoms. The lowest BCUT2D eigenvalue weighted by atomic mass is 10.0. The van der Waals surface area contributed by atoms with E-state index in [1.807, 2.05) is 6.07 Å². The second-order valence-electron chi connectivity index (χ2n) is 5.13. The standard InChI is InChI=1S/C16H26BrFN2O/c1-4-13(5-2)20(8-9-21-3)16(11-19)12-6-7-14(17)15(18)10-12/h6-7,10,13,16H,4-5,8-9,11,19H2,1-3H3. The summed E-state index contributed by atoms with van der Waals surface area (Å²) in [5.41, 5.74) is 6.91. The van der Waals surface area contributed by atoms with Crippen LogP contribution in [-0.2, 0) is 4.74 Å². The van der Waals surface area contributed by atoms with Gasteiger partial charge in [0.15, 0.2) is 0 Å².